The van der Waals surface area contributed by atoms with Crippen molar-refractivity contribution in [1.82, 2.24) is 4.31 Å². The zero-order chi connectivity index (χ0) is 21.9. The summed E-state index contributed by atoms with van der Waals surface area (Å²) in [5.41, 5.74) is 1.32. The van der Waals surface area contributed by atoms with Gasteiger partial charge in [-0.25, -0.2) is 8.42 Å². The van der Waals surface area contributed by atoms with Crippen molar-refractivity contribution >= 4 is 33.2 Å². The predicted octanol–water partition coefficient (Wildman–Crippen LogP) is 3.71. The van der Waals surface area contributed by atoms with Gasteiger partial charge < -0.3 is 14.8 Å². The maximum atomic E-state index is 13.0. The van der Waals surface area contributed by atoms with Crippen LogP contribution < -0.4 is 14.8 Å². The van der Waals surface area contributed by atoms with E-state index < -0.39 is 15.9 Å². The minimum absolute atomic E-state index is 0.120. The highest BCUT2D eigenvalue weighted by atomic mass is 35.5. The van der Waals surface area contributed by atoms with E-state index in [9.17, 15) is 13.2 Å². The Labute approximate surface area is 182 Å². The van der Waals surface area contributed by atoms with Crippen LogP contribution in [0.1, 0.15) is 18.4 Å². The van der Waals surface area contributed by atoms with Crippen molar-refractivity contribution in [2.24, 2.45) is 5.92 Å². The SMILES string of the molecule is COc1ccc(S(=O)(=O)N2CCCC(C(=O)Nc3cc(C)c(Cl)cc3OC)C2)cc1. The van der Waals surface area contributed by atoms with Crippen LogP contribution in [0.4, 0.5) is 5.69 Å². The molecule has 3 rings (SSSR count). The number of hydrogen-bond acceptors (Lipinski definition) is 5. The quantitative estimate of drug-likeness (QED) is 0.722. The molecule has 0 aromatic heterocycles. The Morgan fingerprint density at radius 2 is 1.87 bits per heavy atom. The minimum Gasteiger partial charge on any atom is -0.497 e. The smallest absolute Gasteiger partial charge is 0.243 e. The van der Waals surface area contributed by atoms with Crippen molar-refractivity contribution in [3.8, 4) is 11.5 Å². The molecule has 1 heterocycles. The van der Waals surface area contributed by atoms with Gasteiger partial charge in [0.05, 0.1) is 30.7 Å². The number of amides is 1. The Morgan fingerprint density at radius 3 is 2.50 bits per heavy atom. The maximum absolute atomic E-state index is 13.0. The first-order valence-corrected chi connectivity index (χ1v) is 11.4. The van der Waals surface area contributed by atoms with Gasteiger partial charge in [-0.2, -0.15) is 4.31 Å². The zero-order valence-electron chi connectivity index (χ0n) is 17.1. The van der Waals surface area contributed by atoms with Crippen LogP contribution in [0.15, 0.2) is 41.3 Å². The molecule has 0 saturated carbocycles. The van der Waals surface area contributed by atoms with Crippen LogP contribution in [-0.2, 0) is 14.8 Å². The number of ether oxygens (including phenoxy) is 2. The minimum atomic E-state index is -3.70. The molecule has 0 spiro atoms. The Kier molecular flexibility index (Phi) is 6.90. The molecule has 9 heteroatoms. The van der Waals surface area contributed by atoms with Crippen LogP contribution in [0.3, 0.4) is 0 Å². The Bertz CT molecular complexity index is 1020. The first kappa shape index (κ1) is 22.4. The second-order valence-corrected chi connectivity index (χ2v) is 9.51. The van der Waals surface area contributed by atoms with Crippen molar-refractivity contribution in [1.29, 1.82) is 0 Å². The average molecular weight is 453 g/mol. The largest absolute Gasteiger partial charge is 0.497 e. The van der Waals surface area contributed by atoms with Crippen molar-refractivity contribution in [2.45, 2.75) is 24.7 Å². The molecule has 0 bridgehead atoms. The molecule has 1 N–H and O–H groups in total. The van der Waals surface area contributed by atoms with Gasteiger partial charge in [-0.05, 0) is 55.7 Å². The molecule has 1 fully saturated rings. The molecular weight excluding hydrogens is 428 g/mol. The Balaban J connectivity index is 1.75. The third-order valence-electron chi connectivity index (χ3n) is 5.19. The molecule has 1 unspecified atom stereocenters. The van der Waals surface area contributed by atoms with Crippen LogP contribution in [0.5, 0.6) is 11.5 Å². The van der Waals surface area contributed by atoms with Crippen LogP contribution in [0, 0.1) is 12.8 Å². The number of nitrogens with one attached hydrogen (secondary N) is 1. The first-order chi connectivity index (χ1) is 14.3. The van der Waals surface area contributed by atoms with E-state index in [4.69, 9.17) is 21.1 Å². The summed E-state index contributed by atoms with van der Waals surface area (Å²) in [5, 5.41) is 3.41. The number of benzene rings is 2. The van der Waals surface area contributed by atoms with Gasteiger partial charge in [0.25, 0.3) is 0 Å². The van der Waals surface area contributed by atoms with E-state index in [0.717, 1.165) is 5.56 Å². The highest BCUT2D eigenvalue weighted by Gasteiger charge is 2.33. The summed E-state index contributed by atoms with van der Waals surface area (Å²) in [5.74, 6) is 0.326. The number of aryl methyl sites for hydroxylation is 1. The molecule has 7 nitrogen and oxygen atoms in total. The lowest BCUT2D eigenvalue weighted by atomic mass is 9.98. The lowest BCUT2D eigenvalue weighted by molar-refractivity contribution is -0.120. The van der Waals surface area contributed by atoms with Gasteiger partial charge in [0.15, 0.2) is 0 Å². The average Bonchev–Trinajstić information content (AvgIpc) is 2.76. The van der Waals surface area contributed by atoms with Crippen molar-refractivity contribution in [3.05, 3.63) is 47.0 Å². The molecule has 2 aromatic rings. The topological polar surface area (TPSA) is 84.9 Å². The first-order valence-electron chi connectivity index (χ1n) is 9.55. The van der Waals surface area contributed by atoms with E-state index in [0.29, 0.717) is 41.6 Å². The number of nitrogens with zero attached hydrogens (tertiary/aromatic N) is 1. The lowest BCUT2D eigenvalue weighted by Crippen LogP contribution is -2.43. The summed E-state index contributed by atoms with van der Waals surface area (Å²) in [7, 11) is -0.673. The fraction of sp³-hybridized carbons (Fsp3) is 0.381. The molecule has 0 aliphatic carbocycles. The molecule has 1 amide bonds. The molecule has 1 atom stereocenters. The highest BCUT2D eigenvalue weighted by molar-refractivity contribution is 7.89. The van der Waals surface area contributed by atoms with Crippen molar-refractivity contribution in [2.75, 3.05) is 32.6 Å². The van der Waals surface area contributed by atoms with E-state index in [1.165, 1.54) is 30.7 Å². The van der Waals surface area contributed by atoms with Crippen LogP contribution in [0.2, 0.25) is 5.02 Å². The van der Waals surface area contributed by atoms with E-state index in [1.807, 2.05) is 6.92 Å². The number of halogens is 1. The lowest BCUT2D eigenvalue weighted by Gasteiger charge is -2.31. The molecule has 0 radical (unpaired) electrons. The Hall–Kier alpha value is -2.29. The summed E-state index contributed by atoms with van der Waals surface area (Å²) >= 11 is 6.12. The second-order valence-electron chi connectivity index (χ2n) is 7.17. The van der Waals surface area contributed by atoms with Crippen LogP contribution >= 0.6 is 11.6 Å². The molecule has 1 aliphatic heterocycles. The second kappa shape index (κ2) is 9.24. The van der Waals surface area contributed by atoms with Crippen LogP contribution in [0.25, 0.3) is 0 Å². The Morgan fingerprint density at radius 1 is 1.17 bits per heavy atom. The third-order valence-corrected chi connectivity index (χ3v) is 7.48. The summed E-state index contributed by atoms with van der Waals surface area (Å²) in [6.45, 7) is 2.33. The number of hydrogen-bond donors (Lipinski definition) is 1. The molecular formula is C21H25ClN2O5S. The van der Waals surface area contributed by atoms with Gasteiger partial charge >= 0.3 is 0 Å². The van der Waals surface area contributed by atoms with E-state index in [-0.39, 0.29) is 17.3 Å². The fourth-order valence-electron chi connectivity index (χ4n) is 3.44. The summed E-state index contributed by atoms with van der Waals surface area (Å²) in [4.78, 5) is 13.1. The van der Waals surface area contributed by atoms with Gasteiger partial charge in [0, 0.05) is 24.2 Å². The van der Waals surface area contributed by atoms with Crippen molar-refractivity contribution in [3.63, 3.8) is 0 Å². The number of piperidine rings is 1. The summed E-state index contributed by atoms with van der Waals surface area (Å²) < 4.78 is 37.8. The number of sulfonamides is 1. The van der Waals surface area contributed by atoms with Crippen molar-refractivity contribution < 1.29 is 22.7 Å². The van der Waals surface area contributed by atoms with Gasteiger partial charge in [-0.3, -0.25) is 4.79 Å². The van der Waals surface area contributed by atoms with E-state index in [2.05, 4.69) is 5.32 Å². The molecule has 2 aromatic carbocycles. The van der Waals surface area contributed by atoms with Crippen LogP contribution in [-0.4, -0.2) is 45.9 Å². The van der Waals surface area contributed by atoms with Gasteiger partial charge in [0.2, 0.25) is 15.9 Å². The maximum Gasteiger partial charge on any atom is 0.243 e. The third kappa shape index (κ3) is 4.71. The normalized spacial score (nSPS) is 17.4. The zero-order valence-corrected chi connectivity index (χ0v) is 18.7. The molecule has 1 aliphatic rings. The van der Waals surface area contributed by atoms with Gasteiger partial charge in [-0.1, -0.05) is 11.6 Å². The van der Waals surface area contributed by atoms with Gasteiger partial charge in [-0.15, -0.1) is 0 Å². The fourth-order valence-corrected chi connectivity index (χ4v) is 5.11. The van der Waals surface area contributed by atoms with E-state index >= 15 is 0 Å². The van der Waals surface area contributed by atoms with Gasteiger partial charge in [0.1, 0.15) is 11.5 Å². The predicted molar refractivity (Wildman–Crippen MR) is 116 cm³/mol. The summed E-state index contributed by atoms with van der Waals surface area (Å²) in [6, 6.07) is 9.63. The molecule has 30 heavy (non-hydrogen) atoms. The molecule has 1 saturated heterocycles. The highest BCUT2D eigenvalue weighted by Crippen LogP contribution is 2.32. The standard InChI is InChI=1S/C21H25ClN2O5S/c1-14-11-19(20(29-3)12-18(14)22)23-21(25)15-5-4-10-24(13-15)30(26,27)17-8-6-16(28-2)7-9-17/h6-9,11-12,15H,4-5,10,13H2,1-3H3,(H,23,25). The molecule has 162 valence electrons. The number of carbonyl (C=O) groups excluding carboxylic acids is 1. The number of rotatable bonds is 6. The monoisotopic (exact) mass is 452 g/mol. The van der Waals surface area contributed by atoms with E-state index in [1.54, 1.807) is 24.3 Å². The number of anilines is 1. The summed E-state index contributed by atoms with van der Waals surface area (Å²) in [6.07, 6.45) is 1.21. The number of methoxy groups -OCH3 is 2. The number of carbonyl (C=O) groups is 1.